The first kappa shape index (κ1) is 21.8. The van der Waals surface area contributed by atoms with Crippen LogP contribution in [0, 0.1) is 0 Å². The van der Waals surface area contributed by atoms with E-state index in [0.717, 1.165) is 11.3 Å². The van der Waals surface area contributed by atoms with Crippen LogP contribution in [0.15, 0.2) is 78.9 Å². The number of nitrogens with zero attached hydrogens (tertiary/aromatic N) is 3. The Morgan fingerprint density at radius 3 is 2.24 bits per heavy atom. The molecule has 0 N–H and O–H groups in total. The van der Waals surface area contributed by atoms with Gasteiger partial charge in [0.05, 0.1) is 25.5 Å². The van der Waals surface area contributed by atoms with E-state index < -0.39 is 18.4 Å². The summed E-state index contributed by atoms with van der Waals surface area (Å²) >= 11 is 0. The fraction of sp³-hybridized carbons (Fsp3) is 0.120. The summed E-state index contributed by atoms with van der Waals surface area (Å²) in [4.78, 5) is 29.8. The molecule has 0 aliphatic carbocycles. The predicted octanol–water partition coefficient (Wildman–Crippen LogP) is 3.99. The highest BCUT2D eigenvalue weighted by atomic mass is 16.5. The lowest BCUT2D eigenvalue weighted by atomic mass is 10.1. The number of rotatable bonds is 8. The van der Waals surface area contributed by atoms with E-state index in [-0.39, 0.29) is 11.4 Å². The Balaban J connectivity index is 1.58. The lowest BCUT2D eigenvalue weighted by Crippen LogP contribution is -2.16. The minimum absolute atomic E-state index is 0.150. The number of ketones is 1. The maximum Gasteiger partial charge on any atom is 0.378 e. The van der Waals surface area contributed by atoms with Gasteiger partial charge in [-0.3, -0.25) is 4.79 Å². The minimum atomic E-state index is -0.808. The number of esters is 1. The van der Waals surface area contributed by atoms with E-state index in [1.165, 1.54) is 20.3 Å². The molecule has 0 aliphatic heterocycles. The van der Waals surface area contributed by atoms with Crippen molar-refractivity contribution in [3.8, 4) is 28.6 Å². The van der Waals surface area contributed by atoms with Gasteiger partial charge in [0.1, 0.15) is 11.5 Å². The van der Waals surface area contributed by atoms with Gasteiger partial charge in [-0.1, -0.05) is 48.5 Å². The zero-order valence-corrected chi connectivity index (χ0v) is 18.1. The molecule has 1 heterocycles. The summed E-state index contributed by atoms with van der Waals surface area (Å²) in [5.74, 6) is -0.0736. The summed E-state index contributed by atoms with van der Waals surface area (Å²) in [6.45, 7) is -0.497. The molecular weight excluding hydrogens is 422 g/mol. The summed E-state index contributed by atoms with van der Waals surface area (Å²) in [6.07, 6.45) is 0. The SMILES string of the molecule is COc1ccc(OC)c(C(=O)COC(=O)c2nc(-c3ccccc3)n(-c3ccccc3)n2)c1. The molecule has 0 unspecified atom stereocenters. The molecule has 33 heavy (non-hydrogen) atoms. The second kappa shape index (κ2) is 9.78. The molecule has 0 bridgehead atoms. The van der Waals surface area contributed by atoms with Gasteiger partial charge >= 0.3 is 5.97 Å². The van der Waals surface area contributed by atoms with Crippen molar-refractivity contribution >= 4 is 11.8 Å². The number of Topliss-reactive ketones (excluding diaryl/α,β-unsaturated/α-hetero) is 1. The molecule has 8 nitrogen and oxygen atoms in total. The van der Waals surface area contributed by atoms with Crippen molar-refractivity contribution in [1.82, 2.24) is 14.8 Å². The van der Waals surface area contributed by atoms with Crippen molar-refractivity contribution in [3.63, 3.8) is 0 Å². The molecule has 0 atom stereocenters. The zero-order chi connectivity index (χ0) is 23.2. The third-order valence-electron chi connectivity index (χ3n) is 4.86. The molecule has 4 aromatic rings. The molecule has 0 saturated carbocycles. The standard InChI is InChI=1S/C25H21N3O5/c1-31-19-13-14-22(32-2)20(15-19)21(29)16-33-25(30)23-26-24(17-9-5-3-6-10-17)28(27-23)18-11-7-4-8-12-18/h3-15H,16H2,1-2H3. The molecule has 0 saturated heterocycles. The highest BCUT2D eigenvalue weighted by Gasteiger charge is 2.22. The van der Waals surface area contributed by atoms with Crippen LogP contribution in [0.2, 0.25) is 0 Å². The summed E-state index contributed by atoms with van der Waals surface area (Å²) in [6, 6.07) is 23.5. The number of carbonyl (C=O) groups is 2. The van der Waals surface area contributed by atoms with Crippen LogP contribution in [-0.4, -0.2) is 47.3 Å². The van der Waals surface area contributed by atoms with Crippen LogP contribution in [0.25, 0.3) is 17.1 Å². The fourth-order valence-corrected chi connectivity index (χ4v) is 3.23. The Labute approximate surface area is 190 Å². The van der Waals surface area contributed by atoms with Crippen LogP contribution in [0.5, 0.6) is 11.5 Å². The number of aromatic nitrogens is 3. The number of hydrogen-bond acceptors (Lipinski definition) is 7. The van der Waals surface area contributed by atoms with E-state index in [4.69, 9.17) is 14.2 Å². The van der Waals surface area contributed by atoms with Gasteiger partial charge < -0.3 is 14.2 Å². The number of methoxy groups -OCH3 is 2. The summed E-state index contributed by atoms with van der Waals surface area (Å²) < 4.78 is 17.2. The lowest BCUT2D eigenvalue weighted by molar-refractivity contribution is 0.0462. The third kappa shape index (κ3) is 4.74. The number of para-hydroxylation sites is 1. The number of benzene rings is 3. The van der Waals surface area contributed by atoms with Crippen LogP contribution < -0.4 is 9.47 Å². The summed E-state index contributed by atoms with van der Waals surface area (Å²) in [5, 5.41) is 4.34. The first-order valence-corrected chi connectivity index (χ1v) is 10.1. The molecule has 0 radical (unpaired) electrons. The Bertz CT molecular complexity index is 1210. The Morgan fingerprint density at radius 1 is 0.879 bits per heavy atom. The fourth-order valence-electron chi connectivity index (χ4n) is 3.23. The molecule has 0 fully saturated rings. The van der Waals surface area contributed by atoms with Gasteiger partial charge in [-0.05, 0) is 30.3 Å². The van der Waals surface area contributed by atoms with E-state index in [1.807, 2.05) is 60.7 Å². The van der Waals surface area contributed by atoms with Gasteiger partial charge in [0, 0.05) is 5.56 Å². The number of ether oxygens (including phenoxy) is 3. The van der Waals surface area contributed by atoms with E-state index in [0.29, 0.717) is 17.3 Å². The highest BCUT2D eigenvalue weighted by molar-refractivity contribution is 6.01. The van der Waals surface area contributed by atoms with E-state index in [2.05, 4.69) is 10.1 Å². The third-order valence-corrected chi connectivity index (χ3v) is 4.86. The first-order chi connectivity index (χ1) is 16.1. The highest BCUT2D eigenvalue weighted by Crippen LogP contribution is 2.25. The maximum absolute atomic E-state index is 12.7. The van der Waals surface area contributed by atoms with Crippen LogP contribution in [-0.2, 0) is 4.74 Å². The Morgan fingerprint density at radius 2 is 1.58 bits per heavy atom. The molecule has 8 heteroatoms. The molecule has 0 spiro atoms. The topological polar surface area (TPSA) is 92.5 Å². The lowest BCUT2D eigenvalue weighted by Gasteiger charge is -2.09. The normalized spacial score (nSPS) is 10.5. The molecule has 0 amide bonds. The van der Waals surface area contributed by atoms with Crippen molar-refractivity contribution in [2.45, 2.75) is 0 Å². The molecule has 4 rings (SSSR count). The Kier molecular flexibility index (Phi) is 6.45. The molecule has 0 aliphatic rings. The van der Waals surface area contributed by atoms with Crippen molar-refractivity contribution in [3.05, 3.63) is 90.3 Å². The second-order valence-corrected chi connectivity index (χ2v) is 6.94. The molecule has 166 valence electrons. The van der Waals surface area contributed by atoms with E-state index >= 15 is 0 Å². The van der Waals surface area contributed by atoms with Crippen molar-refractivity contribution in [2.24, 2.45) is 0 Å². The van der Waals surface area contributed by atoms with Crippen molar-refractivity contribution in [1.29, 1.82) is 0 Å². The largest absolute Gasteiger partial charge is 0.497 e. The molecule has 3 aromatic carbocycles. The van der Waals surface area contributed by atoms with Crippen molar-refractivity contribution in [2.75, 3.05) is 20.8 Å². The number of hydrogen-bond donors (Lipinski definition) is 0. The average molecular weight is 443 g/mol. The summed E-state index contributed by atoms with van der Waals surface area (Å²) in [7, 11) is 2.95. The van der Waals surface area contributed by atoms with E-state index in [1.54, 1.807) is 16.8 Å². The predicted molar refractivity (Wildman–Crippen MR) is 121 cm³/mol. The maximum atomic E-state index is 12.7. The molecule has 1 aromatic heterocycles. The van der Waals surface area contributed by atoms with Gasteiger partial charge in [0.2, 0.25) is 5.78 Å². The Hall–Kier alpha value is -4.46. The van der Waals surface area contributed by atoms with Crippen LogP contribution in [0.3, 0.4) is 0 Å². The summed E-state index contributed by atoms with van der Waals surface area (Å²) in [5.41, 5.74) is 1.77. The van der Waals surface area contributed by atoms with Gasteiger partial charge in [0.15, 0.2) is 12.4 Å². The van der Waals surface area contributed by atoms with Crippen LogP contribution >= 0.6 is 0 Å². The van der Waals surface area contributed by atoms with Gasteiger partial charge in [-0.2, -0.15) is 0 Å². The number of carbonyl (C=O) groups excluding carboxylic acids is 2. The van der Waals surface area contributed by atoms with Crippen LogP contribution in [0.4, 0.5) is 0 Å². The molecular formula is C25H21N3O5. The monoisotopic (exact) mass is 443 g/mol. The van der Waals surface area contributed by atoms with Gasteiger partial charge in [-0.15, -0.1) is 5.10 Å². The zero-order valence-electron chi connectivity index (χ0n) is 18.1. The smallest absolute Gasteiger partial charge is 0.378 e. The van der Waals surface area contributed by atoms with Crippen molar-refractivity contribution < 1.29 is 23.8 Å². The average Bonchev–Trinajstić information content (AvgIpc) is 3.33. The van der Waals surface area contributed by atoms with E-state index in [9.17, 15) is 9.59 Å². The quantitative estimate of drug-likeness (QED) is 0.300. The first-order valence-electron chi connectivity index (χ1n) is 10.1. The van der Waals surface area contributed by atoms with Crippen LogP contribution in [0.1, 0.15) is 21.0 Å². The van der Waals surface area contributed by atoms with Gasteiger partial charge in [0.25, 0.3) is 5.82 Å². The minimum Gasteiger partial charge on any atom is -0.497 e. The van der Waals surface area contributed by atoms with Gasteiger partial charge in [-0.25, -0.2) is 14.5 Å². The second-order valence-electron chi connectivity index (χ2n) is 6.94.